The summed E-state index contributed by atoms with van der Waals surface area (Å²) >= 11 is 0. The minimum Gasteiger partial charge on any atom is -0.493 e. The van der Waals surface area contributed by atoms with E-state index < -0.39 is 10.0 Å². The highest BCUT2D eigenvalue weighted by atomic mass is 32.2. The van der Waals surface area contributed by atoms with Gasteiger partial charge in [0.15, 0.2) is 11.5 Å². The van der Waals surface area contributed by atoms with E-state index in [2.05, 4.69) is 5.32 Å². The number of benzene rings is 2. The first kappa shape index (κ1) is 24.4. The number of sulfonamides is 1. The van der Waals surface area contributed by atoms with Gasteiger partial charge in [-0.3, -0.25) is 4.79 Å². The molecule has 0 aromatic heterocycles. The molecule has 2 aromatic rings. The summed E-state index contributed by atoms with van der Waals surface area (Å²) in [5.41, 5.74) is 2.80. The molecule has 0 fully saturated rings. The summed E-state index contributed by atoms with van der Waals surface area (Å²) in [5.74, 6) is 0.868. The third-order valence-electron chi connectivity index (χ3n) is 4.75. The van der Waals surface area contributed by atoms with Crippen LogP contribution in [-0.4, -0.2) is 46.4 Å². The van der Waals surface area contributed by atoms with Crippen LogP contribution in [0.5, 0.6) is 11.5 Å². The van der Waals surface area contributed by atoms with Crippen LogP contribution in [0.25, 0.3) is 6.08 Å². The summed E-state index contributed by atoms with van der Waals surface area (Å²) in [4.78, 5) is 12.6. The predicted molar refractivity (Wildman–Crippen MR) is 123 cm³/mol. The van der Waals surface area contributed by atoms with Crippen LogP contribution in [0.4, 0.5) is 5.69 Å². The molecule has 7 nitrogen and oxygen atoms in total. The summed E-state index contributed by atoms with van der Waals surface area (Å²) in [6, 6.07) is 8.50. The summed E-state index contributed by atoms with van der Waals surface area (Å²) in [6.07, 6.45) is 3.94. The number of hydrogen-bond donors (Lipinski definition) is 1. The predicted octanol–water partition coefficient (Wildman–Crippen LogP) is 4.00. The van der Waals surface area contributed by atoms with E-state index in [0.29, 0.717) is 23.8 Å². The number of amides is 1. The van der Waals surface area contributed by atoms with E-state index in [1.807, 2.05) is 26.8 Å². The number of methoxy groups -OCH3 is 1. The summed E-state index contributed by atoms with van der Waals surface area (Å²) in [7, 11) is 0.895. The van der Waals surface area contributed by atoms with Crippen molar-refractivity contribution < 1.29 is 22.7 Å². The Hall–Kier alpha value is -2.84. The lowest BCUT2D eigenvalue weighted by molar-refractivity contribution is -0.111. The maximum atomic E-state index is 12.5. The fourth-order valence-electron chi connectivity index (χ4n) is 2.78. The van der Waals surface area contributed by atoms with Crippen LogP contribution in [0.15, 0.2) is 41.3 Å². The number of ether oxygens (including phenoxy) is 2. The van der Waals surface area contributed by atoms with E-state index in [-0.39, 0.29) is 10.8 Å². The van der Waals surface area contributed by atoms with Gasteiger partial charge < -0.3 is 14.8 Å². The van der Waals surface area contributed by atoms with Crippen LogP contribution < -0.4 is 14.8 Å². The zero-order chi connectivity index (χ0) is 23.2. The number of aryl methyl sites for hydroxylation is 1. The summed E-state index contributed by atoms with van der Waals surface area (Å²) < 4.78 is 37.1. The van der Waals surface area contributed by atoms with Gasteiger partial charge in [0.2, 0.25) is 15.9 Å². The Bertz CT molecular complexity index is 1080. The lowest BCUT2D eigenvalue weighted by Gasteiger charge is -2.16. The second kappa shape index (κ2) is 10.5. The first-order valence-electron chi connectivity index (χ1n) is 9.93. The van der Waals surface area contributed by atoms with Crippen LogP contribution in [0, 0.1) is 13.8 Å². The van der Waals surface area contributed by atoms with Gasteiger partial charge in [-0.2, -0.15) is 0 Å². The van der Waals surface area contributed by atoms with Gasteiger partial charge in [0.25, 0.3) is 0 Å². The Morgan fingerprint density at radius 3 is 2.45 bits per heavy atom. The summed E-state index contributed by atoms with van der Waals surface area (Å²) in [5, 5.41) is 2.78. The molecule has 31 heavy (non-hydrogen) atoms. The lowest BCUT2D eigenvalue weighted by atomic mass is 10.1. The molecule has 0 bridgehead atoms. The van der Waals surface area contributed by atoms with Crippen molar-refractivity contribution in [2.45, 2.75) is 32.1 Å². The molecule has 0 aliphatic carbocycles. The molecular formula is C23H30N2O5S. The van der Waals surface area contributed by atoms with Crippen LogP contribution in [0.3, 0.4) is 0 Å². The third-order valence-corrected chi connectivity index (χ3v) is 6.55. The van der Waals surface area contributed by atoms with Crippen LogP contribution in [-0.2, 0) is 14.8 Å². The van der Waals surface area contributed by atoms with Gasteiger partial charge in [-0.25, -0.2) is 12.7 Å². The number of nitrogens with one attached hydrogen (secondary N) is 1. The van der Waals surface area contributed by atoms with Crippen LogP contribution >= 0.6 is 0 Å². The van der Waals surface area contributed by atoms with Crippen molar-refractivity contribution in [3.63, 3.8) is 0 Å². The molecule has 1 amide bonds. The van der Waals surface area contributed by atoms with Crippen molar-refractivity contribution in [3.8, 4) is 11.5 Å². The van der Waals surface area contributed by atoms with Crippen molar-refractivity contribution in [2.24, 2.45) is 0 Å². The Labute approximate surface area is 184 Å². The molecule has 2 rings (SSSR count). The number of hydrogen-bond acceptors (Lipinski definition) is 5. The summed E-state index contributed by atoms with van der Waals surface area (Å²) in [6.45, 7) is 6.26. The molecule has 0 unspecified atom stereocenters. The molecule has 0 spiro atoms. The zero-order valence-electron chi connectivity index (χ0n) is 18.9. The Balaban J connectivity index is 2.23. The Morgan fingerprint density at radius 2 is 1.84 bits per heavy atom. The molecule has 2 aromatic carbocycles. The van der Waals surface area contributed by atoms with Gasteiger partial charge >= 0.3 is 0 Å². The quantitative estimate of drug-likeness (QED) is 0.589. The molecule has 0 aliphatic heterocycles. The number of carbonyl (C=O) groups excluding carboxylic acids is 1. The first-order valence-corrected chi connectivity index (χ1v) is 11.4. The van der Waals surface area contributed by atoms with Crippen molar-refractivity contribution in [1.29, 1.82) is 0 Å². The van der Waals surface area contributed by atoms with Gasteiger partial charge in [-0.1, -0.05) is 13.0 Å². The highest BCUT2D eigenvalue weighted by molar-refractivity contribution is 7.89. The van der Waals surface area contributed by atoms with Crippen LogP contribution in [0.1, 0.15) is 30.0 Å². The molecule has 1 N–H and O–H groups in total. The Morgan fingerprint density at radius 1 is 1.13 bits per heavy atom. The molecule has 0 heterocycles. The first-order chi connectivity index (χ1) is 14.6. The molecule has 0 saturated heterocycles. The van der Waals surface area contributed by atoms with Crippen molar-refractivity contribution >= 4 is 27.7 Å². The van der Waals surface area contributed by atoms with Gasteiger partial charge in [0.05, 0.1) is 18.6 Å². The fourth-order valence-corrected chi connectivity index (χ4v) is 3.80. The normalized spacial score (nSPS) is 11.7. The third kappa shape index (κ3) is 6.08. The fraction of sp³-hybridized carbons (Fsp3) is 0.348. The minimum atomic E-state index is -3.61. The van der Waals surface area contributed by atoms with Gasteiger partial charge in [0.1, 0.15) is 0 Å². The van der Waals surface area contributed by atoms with E-state index in [9.17, 15) is 13.2 Å². The van der Waals surface area contributed by atoms with Crippen molar-refractivity contribution in [2.75, 3.05) is 33.1 Å². The minimum absolute atomic E-state index is 0.132. The average Bonchev–Trinajstić information content (AvgIpc) is 2.73. The maximum Gasteiger partial charge on any atom is 0.248 e. The molecule has 0 saturated carbocycles. The van der Waals surface area contributed by atoms with E-state index in [0.717, 1.165) is 27.4 Å². The van der Waals surface area contributed by atoms with Gasteiger partial charge in [-0.15, -0.1) is 0 Å². The van der Waals surface area contributed by atoms with Crippen molar-refractivity contribution in [1.82, 2.24) is 4.31 Å². The number of nitrogens with zero attached hydrogens (tertiary/aromatic N) is 1. The molecule has 0 radical (unpaired) electrons. The second-order valence-electron chi connectivity index (χ2n) is 7.28. The average molecular weight is 447 g/mol. The number of anilines is 1. The smallest absolute Gasteiger partial charge is 0.248 e. The van der Waals surface area contributed by atoms with E-state index in [1.54, 1.807) is 31.4 Å². The number of rotatable bonds is 9. The van der Waals surface area contributed by atoms with E-state index in [4.69, 9.17) is 9.47 Å². The molecule has 0 aliphatic rings. The Kier molecular flexibility index (Phi) is 8.24. The van der Waals surface area contributed by atoms with Gasteiger partial charge in [-0.05, 0) is 67.3 Å². The lowest BCUT2D eigenvalue weighted by Crippen LogP contribution is -2.22. The monoisotopic (exact) mass is 446 g/mol. The number of carbonyl (C=O) groups is 1. The standard InChI is InChI=1S/C23H30N2O5S/c1-7-12-30-21-10-8-18(14-22(21)29-6)9-11-23(26)24-20-15-19(13-16(2)17(20)3)31(27,28)25(4)5/h8-11,13-15H,7,12H2,1-6H3,(H,24,26)/b11-9+. The SMILES string of the molecule is CCCOc1ccc(/C=C/C(=O)Nc2cc(S(=O)(=O)N(C)C)cc(C)c2C)cc1OC. The van der Waals surface area contributed by atoms with Crippen molar-refractivity contribution in [3.05, 3.63) is 53.1 Å². The topological polar surface area (TPSA) is 84.9 Å². The molecule has 0 atom stereocenters. The van der Waals surface area contributed by atoms with E-state index in [1.165, 1.54) is 26.2 Å². The highest BCUT2D eigenvalue weighted by Gasteiger charge is 2.20. The molecule has 168 valence electrons. The maximum absolute atomic E-state index is 12.5. The van der Waals surface area contributed by atoms with E-state index >= 15 is 0 Å². The zero-order valence-corrected chi connectivity index (χ0v) is 19.7. The highest BCUT2D eigenvalue weighted by Crippen LogP contribution is 2.29. The largest absolute Gasteiger partial charge is 0.493 e. The molecular weight excluding hydrogens is 416 g/mol. The van der Waals surface area contributed by atoms with Crippen LogP contribution in [0.2, 0.25) is 0 Å². The second-order valence-corrected chi connectivity index (χ2v) is 9.43. The molecule has 8 heteroatoms. The van der Waals surface area contributed by atoms with Gasteiger partial charge in [0, 0.05) is 25.9 Å².